The summed E-state index contributed by atoms with van der Waals surface area (Å²) in [6.07, 6.45) is 2.58. The van der Waals surface area contributed by atoms with Crippen molar-refractivity contribution in [1.82, 2.24) is 0 Å². The Morgan fingerprint density at radius 1 is 0.308 bits per heavy atom. The lowest BCUT2D eigenvalue weighted by Crippen LogP contribution is -2.11. The van der Waals surface area contributed by atoms with Crippen molar-refractivity contribution in [2.75, 3.05) is 73.9 Å². The Kier molecular flexibility index (Phi) is 18.8. The van der Waals surface area contributed by atoms with Crippen LogP contribution in [0.15, 0.2) is 0 Å². The van der Waals surface area contributed by atoms with E-state index >= 15 is 0 Å². The van der Waals surface area contributed by atoms with E-state index in [0.717, 1.165) is 0 Å². The molecule has 0 aliphatic carbocycles. The van der Waals surface area contributed by atoms with E-state index < -0.39 is 28.6 Å². The van der Waals surface area contributed by atoms with Gasteiger partial charge in [-0.1, -0.05) is 0 Å². The zero-order valence-corrected chi connectivity index (χ0v) is 26.1. The third kappa shape index (κ3) is 16.5. The minimum atomic E-state index is -2.96. The molecule has 0 aromatic carbocycles. The third-order valence-electron chi connectivity index (χ3n) is 6.75. The van der Waals surface area contributed by atoms with Gasteiger partial charge in [0.25, 0.3) is 0 Å². The minimum absolute atomic E-state index is 0.0605. The highest BCUT2D eigenvalue weighted by molar-refractivity contribution is 7.68. The van der Waals surface area contributed by atoms with Gasteiger partial charge in [-0.25, -0.2) is 0 Å². The van der Waals surface area contributed by atoms with Gasteiger partial charge >= 0.3 is 0 Å². The molecule has 0 spiro atoms. The summed E-state index contributed by atoms with van der Waals surface area (Å²) in [5, 5.41) is 53.8. The normalized spacial score (nSPS) is 14.2. The molecule has 212 valence electrons. The molecule has 0 N–H and O–H groups in total. The molecular formula is C25H38N6O4P4. The number of rotatable bonds is 22. The average molecular weight is 611 g/mol. The molecular weight excluding hydrogens is 572 g/mol. The van der Waals surface area contributed by atoms with Crippen LogP contribution in [-0.2, 0) is 18.3 Å². The standard InChI is InChI=1S/C25H38N6O4P4/c26-8-1-14-36(32,15-2-9-27)22-24-38(34,18-5-12-30)20-7-21-39(35,19-6-13-31)25-23-37(33,16-3-10-28)17-4-11-29/h1-7,14-25H2. The molecule has 0 aromatic heterocycles. The van der Waals surface area contributed by atoms with Crippen molar-refractivity contribution in [3.8, 4) is 36.4 Å². The quantitative estimate of drug-likeness (QED) is 0.125. The molecule has 10 nitrogen and oxygen atoms in total. The predicted molar refractivity (Wildman–Crippen MR) is 155 cm³/mol. The molecule has 0 aliphatic rings. The van der Waals surface area contributed by atoms with E-state index in [9.17, 15) is 18.3 Å². The fraction of sp³-hybridized carbons (Fsp3) is 0.760. The van der Waals surface area contributed by atoms with Crippen molar-refractivity contribution in [3.05, 3.63) is 0 Å². The summed E-state index contributed by atoms with van der Waals surface area (Å²) in [6, 6.07) is 11.9. The van der Waals surface area contributed by atoms with Crippen LogP contribution in [0.4, 0.5) is 0 Å². The van der Waals surface area contributed by atoms with Gasteiger partial charge in [-0.15, -0.1) is 0 Å². The van der Waals surface area contributed by atoms with Gasteiger partial charge in [-0.2, -0.15) is 31.6 Å². The zero-order valence-electron chi connectivity index (χ0n) is 22.5. The van der Waals surface area contributed by atoms with Crippen molar-refractivity contribution < 1.29 is 18.3 Å². The maximum absolute atomic E-state index is 13.8. The molecule has 0 heterocycles. The fourth-order valence-corrected chi connectivity index (χ4v) is 17.5. The first-order valence-electron chi connectivity index (χ1n) is 13.0. The largest absolute Gasteiger partial charge is 0.324 e. The highest BCUT2D eigenvalue weighted by Crippen LogP contribution is 2.57. The Balaban J connectivity index is 5.55. The van der Waals surface area contributed by atoms with E-state index in [2.05, 4.69) is 0 Å². The molecule has 0 amide bonds. The number of nitrogens with zero attached hydrogens (tertiary/aromatic N) is 6. The van der Waals surface area contributed by atoms with Crippen molar-refractivity contribution in [2.24, 2.45) is 0 Å². The molecule has 0 saturated carbocycles. The summed E-state index contributed by atoms with van der Waals surface area (Å²) in [6.45, 7) is 0. The van der Waals surface area contributed by atoms with Gasteiger partial charge in [0, 0.05) is 112 Å². The number of hydrogen-bond donors (Lipinski definition) is 0. The van der Waals surface area contributed by atoms with Crippen LogP contribution < -0.4 is 0 Å². The first-order chi connectivity index (χ1) is 18.5. The van der Waals surface area contributed by atoms with Crippen LogP contribution in [-0.4, -0.2) is 73.9 Å². The van der Waals surface area contributed by atoms with E-state index in [1.54, 1.807) is 0 Å². The summed E-state index contributed by atoms with van der Waals surface area (Å²) in [5.41, 5.74) is 0. The van der Waals surface area contributed by atoms with E-state index in [1.807, 2.05) is 36.4 Å². The van der Waals surface area contributed by atoms with Crippen LogP contribution in [0.5, 0.6) is 0 Å². The van der Waals surface area contributed by atoms with E-state index in [1.165, 1.54) is 0 Å². The first-order valence-corrected chi connectivity index (χ1v) is 22.0. The second-order valence-electron chi connectivity index (χ2n) is 9.72. The number of nitriles is 6. The molecule has 39 heavy (non-hydrogen) atoms. The highest BCUT2D eigenvalue weighted by atomic mass is 31.2. The summed E-state index contributed by atoms with van der Waals surface area (Å²) >= 11 is 0. The SMILES string of the molecule is N#CCCP(=O)(CCC#N)CCP(=O)(CCC#N)CCCP(=O)(CCC#N)CCP(=O)(CCC#N)CCC#N. The lowest BCUT2D eigenvalue weighted by Gasteiger charge is -2.24. The monoisotopic (exact) mass is 610 g/mol. The van der Waals surface area contributed by atoms with Crippen molar-refractivity contribution in [1.29, 1.82) is 31.6 Å². The third-order valence-corrected chi connectivity index (χ3v) is 20.1. The van der Waals surface area contributed by atoms with Crippen LogP contribution in [0, 0.1) is 68.0 Å². The Morgan fingerprint density at radius 2 is 0.487 bits per heavy atom. The Labute approximate surface area is 233 Å². The molecule has 0 aliphatic heterocycles. The molecule has 2 unspecified atom stereocenters. The van der Waals surface area contributed by atoms with Crippen molar-refractivity contribution >= 4 is 28.6 Å². The first kappa shape index (κ1) is 36.9. The van der Waals surface area contributed by atoms with Crippen LogP contribution in [0.3, 0.4) is 0 Å². The maximum atomic E-state index is 13.8. The Morgan fingerprint density at radius 3 is 0.667 bits per heavy atom. The number of hydrogen-bond acceptors (Lipinski definition) is 10. The lowest BCUT2D eigenvalue weighted by molar-refractivity contribution is 0.564. The zero-order chi connectivity index (χ0) is 29.7. The highest BCUT2D eigenvalue weighted by Gasteiger charge is 2.31. The molecule has 14 heteroatoms. The Bertz CT molecular complexity index is 1090. The van der Waals surface area contributed by atoms with Crippen LogP contribution in [0.1, 0.15) is 44.9 Å². The van der Waals surface area contributed by atoms with Gasteiger partial charge in [-0.05, 0) is 6.42 Å². The summed E-state index contributed by atoms with van der Waals surface area (Å²) in [4.78, 5) is 0. The van der Waals surface area contributed by atoms with Crippen LogP contribution in [0.25, 0.3) is 0 Å². The molecule has 2 atom stereocenters. The van der Waals surface area contributed by atoms with Gasteiger partial charge in [0.2, 0.25) is 0 Å². The molecule has 0 rings (SSSR count). The summed E-state index contributed by atoms with van der Waals surface area (Å²) < 4.78 is 54.1. The fourth-order valence-electron chi connectivity index (χ4n) is 4.24. The van der Waals surface area contributed by atoms with Gasteiger partial charge in [0.1, 0.15) is 0 Å². The molecule has 0 aromatic rings. The van der Waals surface area contributed by atoms with E-state index in [0.29, 0.717) is 6.42 Å². The topological polar surface area (TPSA) is 211 Å². The average Bonchev–Trinajstić information content (AvgIpc) is 2.93. The predicted octanol–water partition coefficient (Wildman–Crippen LogP) is 6.31. The van der Waals surface area contributed by atoms with E-state index in [4.69, 9.17) is 31.6 Å². The van der Waals surface area contributed by atoms with Gasteiger partial charge in [0.15, 0.2) is 0 Å². The minimum Gasteiger partial charge on any atom is -0.324 e. The summed E-state index contributed by atoms with van der Waals surface area (Å²) in [5.74, 6) is 0. The van der Waals surface area contributed by atoms with Crippen molar-refractivity contribution in [2.45, 2.75) is 44.9 Å². The van der Waals surface area contributed by atoms with Gasteiger partial charge < -0.3 is 18.3 Å². The molecule has 0 fully saturated rings. The molecule has 0 bridgehead atoms. The van der Waals surface area contributed by atoms with Crippen LogP contribution >= 0.6 is 28.6 Å². The van der Waals surface area contributed by atoms with Gasteiger partial charge in [-0.3, -0.25) is 0 Å². The second kappa shape index (κ2) is 19.8. The smallest absolute Gasteiger partial charge is 0.0902 e. The van der Waals surface area contributed by atoms with Crippen molar-refractivity contribution in [3.63, 3.8) is 0 Å². The second-order valence-corrected chi connectivity index (χ2v) is 23.5. The van der Waals surface area contributed by atoms with Crippen LogP contribution in [0.2, 0.25) is 0 Å². The van der Waals surface area contributed by atoms with E-state index in [-0.39, 0.29) is 112 Å². The summed E-state index contributed by atoms with van der Waals surface area (Å²) in [7, 11) is -11.7. The Hall–Kier alpha value is -2.14. The van der Waals surface area contributed by atoms with Gasteiger partial charge in [0.05, 0.1) is 65.0 Å². The molecule has 0 radical (unpaired) electrons. The maximum Gasteiger partial charge on any atom is 0.0902 e. The molecule has 0 saturated heterocycles. The lowest BCUT2D eigenvalue weighted by atomic mass is 10.5.